The maximum Gasteiger partial charge on any atom is 0.189 e. The van der Waals surface area contributed by atoms with Gasteiger partial charge in [-0.25, -0.2) is 4.98 Å². The molecule has 1 fully saturated rings. The van der Waals surface area contributed by atoms with Crippen LogP contribution in [0, 0.1) is 5.41 Å². The van der Waals surface area contributed by atoms with Crippen LogP contribution in [0.25, 0.3) is 0 Å². The Balaban J connectivity index is 2.20. The van der Waals surface area contributed by atoms with Gasteiger partial charge in [0.25, 0.3) is 0 Å². The largest absolute Gasteiger partial charge is 0.316 e. The fraction of sp³-hybridized carbons (Fsp3) is 0.545. The van der Waals surface area contributed by atoms with Crippen molar-refractivity contribution in [1.29, 1.82) is 0 Å². The van der Waals surface area contributed by atoms with E-state index in [4.69, 9.17) is 0 Å². The third-order valence-electron chi connectivity index (χ3n) is 2.94. The fourth-order valence-electron chi connectivity index (χ4n) is 1.98. The maximum absolute atomic E-state index is 12.2. The first kappa shape index (κ1) is 10.2. The van der Waals surface area contributed by atoms with E-state index in [2.05, 4.69) is 15.3 Å². The van der Waals surface area contributed by atoms with E-state index in [1.165, 1.54) is 0 Å². The molecule has 0 bridgehead atoms. The molecule has 80 valence electrons. The number of ketones is 1. The van der Waals surface area contributed by atoms with E-state index in [1.54, 1.807) is 18.6 Å². The van der Waals surface area contributed by atoms with Crippen LogP contribution in [-0.2, 0) is 0 Å². The second-order valence-electron chi connectivity index (χ2n) is 4.26. The lowest BCUT2D eigenvalue weighted by Crippen LogP contribution is -2.43. The SMILES string of the molecule is CC1(C(=O)c2cnccn2)CCCNC1. The van der Waals surface area contributed by atoms with E-state index >= 15 is 0 Å². The molecule has 2 heterocycles. The third-order valence-corrected chi connectivity index (χ3v) is 2.94. The summed E-state index contributed by atoms with van der Waals surface area (Å²) in [6.07, 6.45) is 6.66. The molecule has 0 aromatic carbocycles. The molecule has 0 aliphatic carbocycles. The molecule has 1 atom stereocenters. The summed E-state index contributed by atoms with van der Waals surface area (Å²) in [5.41, 5.74) is 0.164. The molecule has 1 aliphatic heterocycles. The normalized spacial score (nSPS) is 26.2. The summed E-state index contributed by atoms with van der Waals surface area (Å²) in [5, 5.41) is 3.26. The zero-order valence-corrected chi connectivity index (χ0v) is 8.86. The molecule has 4 heteroatoms. The summed E-state index contributed by atoms with van der Waals surface area (Å²) >= 11 is 0. The first-order chi connectivity index (χ1) is 7.22. The van der Waals surface area contributed by atoms with Crippen LogP contribution in [0.1, 0.15) is 30.3 Å². The minimum absolute atomic E-state index is 0.0998. The van der Waals surface area contributed by atoms with Crippen molar-refractivity contribution in [3.8, 4) is 0 Å². The number of nitrogens with one attached hydrogen (secondary N) is 1. The van der Waals surface area contributed by atoms with Crippen molar-refractivity contribution in [1.82, 2.24) is 15.3 Å². The molecule has 1 aliphatic rings. The molecule has 2 rings (SSSR count). The molecular formula is C11H15N3O. The summed E-state index contributed by atoms with van der Waals surface area (Å²) in [4.78, 5) is 20.2. The van der Waals surface area contributed by atoms with E-state index < -0.39 is 0 Å². The molecule has 1 aromatic rings. The van der Waals surface area contributed by atoms with Crippen LogP contribution in [-0.4, -0.2) is 28.8 Å². The van der Waals surface area contributed by atoms with E-state index in [1.807, 2.05) is 6.92 Å². The summed E-state index contributed by atoms with van der Waals surface area (Å²) in [5.74, 6) is 0.0998. The number of carbonyl (C=O) groups is 1. The van der Waals surface area contributed by atoms with Gasteiger partial charge in [0.05, 0.1) is 6.20 Å². The Labute approximate surface area is 89.1 Å². The molecule has 4 nitrogen and oxygen atoms in total. The lowest BCUT2D eigenvalue weighted by molar-refractivity contribution is 0.0767. The van der Waals surface area contributed by atoms with Crippen LogP contribution >= 0.6 is 0 Å². The predicted molar refractivity (Wildman–Crippen MR) is 56.6 cm³/mol. The smallest absolute Gasteiger partial charge is 0.189 e. The van der Waals surface area contributed by atoms with Crippen molar-refractivity contribution in [3.05, 3.63) is 24.3 Å². The average Bonchev–Trinajstić information content (AvgIpc) is 2.30. The van der Waals surface area contributed by atoms with Crippen LogP contribution < -0.4 is 5.32 Å². The predicted octanol–water partition coefficient (Wildman–Crippen LogP) is 1.05. The Morgan fingerprint density at radius 3 is 3.00 bits per heavy atom. The van der Waals surface area contributed by atoms with Gasteiger partial charge in [0, 0.05) is 24.4 Å². The lowest BCUT2D eigenvalue weighted by atomic mass is 9.78. The molecule has 1 N–H and O–H groups in total. The highest BCUT2D eigenvalue weighted by Gasteiger charge is 2.35. The number of nitrogens with zero attached hydrogens (tertiary/aromatic N) is 2. The monoisotopic (exact) mass is 205 g/mol. The van der Waals surface area contributed by atoms with Crippen LogP contribution in [0.5, 0.6) is 0 Å². The zero-order chi connectivity index (χ0) is 10.7. The number of carbonyl (C=O) groups excluding carboxylic acids is 1. The molecular weight excluding hydrogens is 190 g/mol. The number of piperidine rings is 1. The highest BCUT2D eigenvalue weighted by atomic mass is 16.1. The highest BCUT2D eigenvalue weighted by molar-refractivity contribution is 5.98. The van der Waals surface area contributed by atoms with Gasteiger partial charge in [0.1, 0.15) is 5.69 Å². The van der Waals surface area contributed by atoms with Crippen LogP contribution in [0.2, 0.25) is 0 Å². The standard InChI is InChI=1S/C11H15N3O/c1-11(3-2-4-13-8-11)10(15)9-7-12-5-6-14-9/h5-7,13H,2-4,8H2,1H3. The minimum Gasteiger partial charge on any atom is -0.316 e. The number of Topliss-reactive ketones (excluding diaryl/α,β-unsaturated/α-hetero) is 1. The van der Waals surface area contributed by atoms with Gasteiger partial charge < -0.3 is 5.32 Å². The summed E-state index contributed by atoms with van der Waals surface area (Å²) in [6, 6.07) is 0. The van der Waals surface area contributed by atoms with Gasteiger partial charge in [0.2, 0.25) is 0 Å². The molecule has 0 saturated carbocycles. The number of hydrogen-bond donors (Lipinski definition) is 1. The van der Waals surface area contributed by atoms with Gasteiger partial charge in [0.15, 0.2) is 5.78 Å². The first-order valence-corrected chi connectivity index (χ1v) is 5.24. The van der Waals surface area contributed by atoms with Crippen molar-refractivity contribution in [3.63, 3.8) is 0 Å². The molecule has 15 heavy (non-hydrogen) atoms. The van der Waals surface area contributed by atoms with E-state index in [0.717, 1.165) is 25.9 Å². The topological polar surface area (TPSA) is 54.9 Å². The van der Waals surface area contributed by atoms with Crippen molar-refractivity contribution >= 4 is 5.78 Å². The number of aromatic nitrogens is 2. The van der Waals surface area contributed by atoms with Crippen molar-refractivity contribution in [2.24, 2.45) is 5.41 Å². The molecule has 0 amide bonds. The Hall–Kier alpha value is -1.29. The lowest BCUT2D eigenvalue weighted by Gasteiger charge is -2.32. The van der Waals surface area contributed by atoms with Gasteiger partial charge in [-0.2, -0.15) is 0 Å². The highest BCUT2D eigenvalue weighted by Crippen LogP contribution is 2.28. The van der Waals surface area contributed by atoms with Crippen molar-refractivity contribution in [2.45, 2.75) is 19.8 Å². The quantitative estimate of drug-likeness (QED) is 0.733. The van der Waals surface area contributed by atoms with Gasteiger partial charge in [-0.15, -0.1) is 0 Å². The van der Waals surface area contributed by atoms with E-state index in [-0.39, 0.29) is 11.2 Å². The van der Waals surface area contributed by atoms with Crippen LogP contribution in [0.15, 0.2) is 18.6 Å². The third kappa shape index (κ3) is 2.04. The molecule has 1 saturated heterocycles. The Bertz CT molecular complexity index is 344. The first-order valence-electron chi connectivity index (χ1n) is 5.24. The fourth-order valence-corrected chi connectivity index (χ4v) is 1.98. The number of rotatable bonds is 2. The Kier molecular flexibility index (Phi) is 2.77. The van der Waals surface area contributed by atoms with Gasteiger partial charge in [-0.1, -0.05) is 6.92 Å². The molecule has 0 radical (unpaired) electrons. The molecule has 0 spiro atoms. The van der Waals surface area contributed by atoms with Gasteiger partial charge >= 0.3 is 0 Å². The summed E-state index contributed by atoms with van der Waals surface area (Å²) in [7, 11) is 0. The Morgan fingerprint density at radius 1 is 1.53 bits per heavy atom. The number of hydrogen-bond acceptors (Lipinski definition) is 4. The van der Waals surface area contributed by atoms with Crippen LogP contribution in [0.3, 0.4) is 0 Å². The second kappa shape index (κ2) is 4.06. The maximum atomic E-state index is 12.2. The van der Waals surface area contributed by atoms with Crippen molar-refractivity contribution in [2.75, 3.05) is 13.1 Å². The van der Waals surface area contributed by atoms with Crippen molar-refractivity contribution < 1.29 is 4.79 Å². The average molecular weight is 205 g/mol. The van der Waals surface area contributed by atoms with Crippen LogP contribution in [0.4, 0.5) is 0 Å². The van der Waals surface area contributed by atoms with Gasteiger partial charge in [-0.05, 0) is 19.4 Å². The van der Waals surface area contributed by atoms with E-state index in [0.29, 0.717) is 5.69 Å². The second-order valence-corrected chi connectivity index (χ2v) is 4.26. The minimum atomic E-state index is -0.311. The summed E-state index contributed by atoms with van der Waals surface area (Å²) in [6.45, 7) is 3.74. The van der Waals surface area contributed by atoms with Gasteiger partial charge in [-0.3, -0.25) is 9.78 Å². The van der Waals surface area contributed by atoms with E-state index in [9.17, 15) is 4.79 Å². The molecule has 1 aromatic heterocycles. The molecule has 1 unspecified atom stereocenters. The summed E-state index contributed by atoms with van der Waals surface area (Å²) < 4.78 is 0. The zero-order valence-electron chi connectivity index (χ0n) is 8.86. The Morgan fingerprint density at radius 2 is 2.40 bits per heavy atom.